The molecule has 4 heteroatoms. The van der Waals surface area contributed by atoms with Crippen LogP contribution in [-0.2, 0) is 0 Å². The quantitative estimate of drug-likeness (QED) is 0.710. The van der Waals surface area contributed by atoms with E-state index in [1.54, 1.807) is 13.2 Å². The normalized spacial score (nSPS) is 15.5. The molecule has 22 heavy (non-hydrogen) atoms. The molecule has 1 aliphatic carbocycles. The van der Waals surface area contributed by atoms with Gasteiger partial charge >= 0.3 is 0 Å². The maximum atomic E-state index is 13.8. The fraction of sp³-hybridized carbons (Fsp3) is 0.111. The van der Waals surface area contributed by atoms with Gasteiger partial charge in [0.15, 0.2) is 5.06 Å². The molecule has 1 heterocycles. The van der Waals surface area contributed by atoms with Crippen molar-refractivity contribution in [3.8, 4) is 26.6 Å². The molecule has 1 aliphatic rings. The number of ether oxygens (including phenoxy) is 1. The first-order chi connectivity index (χ1) is 10.7. The summed E-state index contributed by atoms with van der Waals surface area (Å²) in [6, 6.07) is 14.2. The standard InChI is InChI=1S/C18H13FO2S/c1-21-16-9-15-11-4-2-3-5-12(11)17(20)13-7-6-10(19)8-14(13)18(15)22-16/h2-9,17,20H,1H3. The number of hydrogen-bond acceptors (Lipinski definition) is 3. The highest BCUT2D eigenvalue weighted by atomic mass is 32.1. The Balaban J connectivity index is 2.12. The largest absolute Gasteiger partial charge is 0.487 e. The van der Waals surface area contributed by atoms with Gasteiger partial charge in [0.25, 0.3) is 0 Å². The van der Waals surface area contributed by atoms with Gasteiger partial charge in [0, 0.05) is 22.1 Å². The third-order valence-electron chi connectivity index (χ3n) is 4.01. The first-order valence-electron chi connectivity index (χ1n) is 6.94. The topological polar surface area (TPSA) is 29.5 Å². The molecule has 0 saturated carbocycles. The van der Waals surface area contributed by atoms with Crippen LogP contribution in [0.3, 0.4) is 0 Å². The average Bonchev–Trinajstić information content (AvgIpc) is 2.95. The Morgan fingerprint density at radius 2 is 1.77 bits per heavy atom. The SMILES string of the molecule is COc1cc2c(s1)-c1cc(F)ccc1C(O)c1ccccc1-2. The number of hydrogen-bond donors (Lipinski definition) is 1. The van der Waals surface area contributed by atoms with E-state index in [9.17, 15) is 9.50 Å². The fourth-order valence-corrected chi connectivity index (χ4v) is 4.01. The number of thiophene rings is 1. The minimum Gasteiger partial charge on any atom is -0.487 e. The number of methoxy groups -OCH3 is 1. The number of halogens is 1. The number of aliphatic hydroxyl groups is 1. The predicted molar refractivity (Wildman–Crippen MR) is 85.8 cm³/mol. The molecule has 3 aromatic rings. The Morgan fingerprint density at radius 1 is 1.00 bits per heavy atom. The number of rotatable bonds is 1. The van der Waals surface area contributed by atoms with Crippen LogP contribution < -0.4 is 4.74 Å². The van der Waals surface area contributed by atoms with Gasteiger partial charge in [-0.05, 0) is 28.8 Å². The molecule has 2 aromatic carbocycles. The van der Waals surface area contributed by atoms with Crippen molar-refractivity contribution in [2.75, 3.05) is 7.11 Å². The maximum absolute atomic E-state index is 13.8. The molecule has 4 rings (SSSR count). The molecule has 0 amide bonds. The highest BCUT2D eigenvalue weighted by Gasteiger charge is 2.27. The summed E-state index contributed by atoms with van der Waals surface area (Å²) >= 11 is 1.47. The maximum Gasteiger partial charge on any atom is 0.174 e. The van der Waals surface area contributed by atoms with Crippen molar-refractivity contribution >= 4 is 11.3 Å². The molecule has 1 N–H and O–H groups in total. The molecule has 1 atom stereocenters. The van der Waals surface area contributed by atoms with Crippen molar-refractivity contribution in [1.82, 2.24) is 0 Å². The van der Waals surface area contributed by atoms with Gasteiger partial charge in [-0.15, -0.1) is 0 Å². The number of aliphatic hydroxyl groups excluding tert-OH is 1. The first kappa shape index (κ1) is 13.5. The minimum absolute atomic E-state index is 0.310. The molecule has 0 radical (unpaired) electrons. The summed E-state index contributed by atoms with van der Waals surface area (Å²) in [5.74, 6) is -0.310. The van der Waals surface area contributed by atoms with Crippen LogP contribution in [0.25, 0.3) is 21.6 Å². The molecule has 0 bridgehead atoms. The molecular formula is C18H13FO2S. The smallest absolute Gasteiger partial charge is 0.174 e. The molecule has 0 spiro atoms. The van der Waals surface area contributed by atoms with E-state index < -0.39 is 6.10 Å². The van der Waals surface area contributed by atoms with E-state index in [0.29, 0.717) is 0 Å². The van der Waals surface area contributed by atoms with Gasteiger partial charge in [-0.25, -0.2) is 4.39 Å². The van der Waals surface area contributed by atoms with Gasteiger partial charge in [0.05, 0.1) is 7.11 Å². The number of fused-ring (bicyclic) bond motifs is 5. The van der Waals surface area contributed by atoms with Crippen molar-refractivity contribution in [2.24, 2.45) is 0 Å². The van der Waals surface area contributed by atoms with E-state index in [1.807, 2.05) is 30.3 Å². The van der Waals surface area contributed by atoms with E-state index in [1.165, 1.54) is 23.5 Å². The van der Waals surface area contributed by atoms with Gasteiger partial charge in [0.2, 0.25) is 0 Å². The van der Waals surface area contributed by atoms with E-state index in [2.05, 4.69) is 0 Å². The Bertz CT molecular complexity index is 869. The zero-order valence-electron chi connectivity index (χ0n) is 11.8. The lowest BCUT2D eigenvalue weighted by Gasteiger charge is -2.14. The zero-order valence-corrected chi connectivity index (χ0v) is 12.7. The van der Waals surface area contributed by atoms with Crippen LogP contribution in [0, 0.1) is 5.82 Å². The van der Waals surface area contributed by atoms with Crippen molar-refractivity contribution in [1.29, 1.82) is 0 Å². The first-order valence-corrected chi connectivity index (χ1v) is 7.75. The second kappa shape index (κ2) is 4.93. The van der Waals surface area contributed by atoms with E-state index in [-0.39, 0.29) is 5.82 Å². The van der Waals surface area contributed by atoms with Crippen LogP contribution in [0.1, 0.15) is 17.2 Å². The highest BCUT2D eigenvalue weighted by molar-refractivity contribution is 7.18. The van der Waals surface area contributed by atoms with Gasteiger partial charge in [0.1, 0.15) is 11.9 Å². The Labute approximate surface area is 131 Å². The van der Waals surface area contributed by atoms with Gasteiger partial charge in [-0.1, -0.05) is 41.7 Å². The Kier molecular flexibility index (Phi) is 3.03. The van der Waals surface area contributed by atoms with Crippen molar-refractivity contribution < 1.29 is 14.2 Å². The summed E-state index contributed by atoms with van der Waals surface area (Å²) in [4.78, 5) is 0.926. The van der Waals surface area contributed by atoms with Gasteiger partial charge in [-0.3, -0.25) is 0 Å². The van der Waals surface area contributed by atoms with Crippen molar-refractivity contribution in [2.45, 2.75) is 6.10 Å². The molecule has 0 aliphatic heterocycles. The van der Waals surface area contributed by atoms with E-state index in [4.69, 9.17) is 4.74 Å². The zero-order chi connectivity index (χ0) is 15.3. The average molecular weight is 312 g/mol. The summed E-state index contributed by atoms with van der Waals surface area (Å²) in [7, 11) is 1.62. The molecule has 0 fully saturated rings. The summed E-state index contributed by atoms with van der Waals surface area (Å²) in [6.45, 7) is 0. The van der Waals surface area contributed by atoms with Crippen LogP contribution in [0.4, 0.5) is 4.39 Å². The molecular weight excluding hydrogens is 299 g/mol. The van der Waals surface area contributed by atoms with Crippen LogP contribution in [0.15, 0.2) is 48.5 Å². The Morgan fingerprint density at radius 3 is 2.59 bits per heavy atom. The molecule has 2 nitrogen and oxygen atoms in total. The second-order valence-electron chi connectivity index (χ2n) is 5.23. The van der Waals surface area contributed by atoms with Gasteiger partial charge in [-0.2, -0.15) is 0 Å². The Hall–Kier alpha value is -2.17. The molecule has 1 unspecified atom stereocenters. The van der Waals surface area contributed by atoms with Crippen molar-refractivity contribution in [3.63, 3.8) is 0 Å². The lowest BCUT2D eigenvalue weighted by atomic mass is 9.96. The molecule has 110 valence electrons. The van der Waals surface area contributed by atoms with Crippen LogP contribution in [0.5, 0.6) is 5.06 Å². The fourth-order valence-electron chi connectivity index (χ4n) is 2.98. The minimum atomic E-state index is -0.766. The summed E-state index contributed by atoms with van der Waals surface area (Å²) in [6.07, 6.45) is -0.766. The van der Waals surface area contributed by atoms with E-state index >= 15 is 0 Å². The third kappa shape index (κ3) is 1.88. The summed E-state index contributed by atoms with van der Waals surface area (Å²) in [5.41, 5.74) is 4.21. The monoisotopic (exact) mass is 312 g/mol. The van der Waals surface area contributed by atoms with E-state index in [0.717, 1.165) is 37.8 Å². The van der Waals surface area contributed by atoms with Crippen LogP contribution >= 0.6 is 11.3 Å². The lowest BCUT2D eigenvalue weighted by molar-refractivity contribution is 0.221. The molecule has 0 saturated heterocycles. The molecule has 1 aromatic heterocycles. The number of benzene rings is 2. The van der Waals surface area contributed by atoms with Gasteiger partial charge < -0.3 is 9.84 Å². The summed E-state index contributed by atoms with van der Waals surface area (Å²) in [5, 5.41) is 11.5. The lowest BCUT2D eigenvalue weighted by Crippen LogP contribution is -2.01. The van der Waals surface area contributed by atoms with Crippen LogP contribution in [0.2, 0.25) is 0 Å². The van der Waals surface area contributed by atoms with Crippen molar-refractivity contribution in [3.05, 3.63) is 65.5 Å². The highest BCUT2D eigenvalue weighted by Crippen LogP contribution is 2.50. The second-order valence-corrected chi connectivity index (χ2v) is 6.25. The van der Waals surface area contributed by atoms with Crippen LogP contribution in [-0.4, -0.2) is 12.2 Å². The predicted octanol–water partition coefficient (Wildman–Crippen LogP) is 4.62. The summed E-state index contributed by atoms with van der Waals surface area (Å²) < 4.78 is 19.1. The third-order valence-corrected chi connectivity index (χ3v) is 5.14.